The Morgan fingerprint density at radius 3 is 2.78 bits per heavy atom. The summed E-state index contributed by atoms with van der Waals surface area (Å²) in [5, 5.41) is 1.77. The van der Waals surface area contributed by atoms with Crippen LogP contribution in [0.4, 0.5) is 0 Å². The molecule has 0 fully saturated rings. The van der Waals surface area contributed by atoms with Crippen molar-refractivity contribution in [2.75, 3.05) is 7.05 Å². The molecular formula is C14H17ClN2O. The first kappa shape index (κ1) is 13.0. The van der Waals surface area contributed by atoms with E-state index >= 15 is 0 Å². The Labute approximate surface area is 112 Å². The van der Waals surface area contributed by atoms with Gasteiger partial charge < -0.3 is 9.47 Å². The normalized spacial score (nSPS) is 11.2. The number of rotatable bonds is 3. The number of likely N-dealkylation sites (N-methyl/N-ethyl adjacent to an activating group) is 1. The van der Waals surface area contributed by atoms with E-state index in [1.54, 1.807) is 4.90 Å². The minimum atomic E-state index is 0.109. The summed E-state index contributed by atoms with van der Waals surface area (Å²) in [5.74, 6) is 0.109. The van der Waals surface area contributed by atoms with Crippen molar-refractivity contribution in [1.29, 1.82) is 0 Å². The SMILES string of the molecule is CC(C)N(C)C(=O)Cn1ccc2cc(Cl)ccc21. The van der Waals surface area contributed by atoms with E-state index in [0.717, 1.165) is 10.9 Å². The summed E-state index contributed by atoms with van der Waals surface area (Å²) in [6.45, 7) is 4.37. The van der Waals surface area contributed by atoms with Crippen molar-refractivity contribution in [2.45, 2.75) is 26.4 Å². The van der Waals surface area contributed by atoms with Crippen LogP contribution in [0.5, 0.6) is 0 Å². The van der Waals surface area contributed by atoms with Crippen LogP contribution in [0.2, 0.25) is 5.02 Å². The molecule has 3 nitrogen and oxygen atoms in total. The monoisotopic (exact) mass is 264 g/mol. The summed E-state index contributed by atoms with van der Waals surface area (Å²) in [5.41, 5.74) is 1.03. The van der Waals surface area contributed by atoms with E-state index in [2.05, 4.69) is 0 Å². The van der Waals surface area contributed by atoms with E-state index < -0.39 is 0 Å². The van der Waals surface area contributed by atoms with Gasteiger partial charge in [-0.3, -0.25) is 4.79 Å². The number of amides is 1. The molecule has 18 heavy (non-hydrogen) atoms. The number of aromatic nitrogens is 1. The smallest absolute Gasteiger partial charge is 0.242 e. The van der Waals surface area contributed by atoms with Gasteiger partial charge >= 0.3 is 0 Å². The topological polar surface area (TPSA) is 25.2 Å². The van der Waals surface area contributed by atoms with Gasteiger partial charge in [-0.1, -0.05) is 11.6 Å². The van der Waals surface area contributed by atoms with Crippen LogP contribution in [0, 0.1) is 0 Å². The Morgan fingerprint density at radius 2 is 2.11 bits per heavy atom. The molecule has 0 unspecified atom stereocenters. The molecule has 1 aromatic heterocycles. The van der Waals surface area contributed by atoms with Crippen LogP contribution in [-0.4, -0.2) is 28.5 Å². The lowest BCUT2D eigenvalue weighted by Crippen LogP contribution is -2.35. The molecule has 0 aliphatic heterocycles. The standard InChI is InChI=1S/C14H17ClN2O/c1-10(2)16(3)14(18)9-17-7-6-11-8-12(15)4-5-13(11)17/h4-8,10H,9H2,1-3H3. The third kappa shape index (κ3) is 2.51. The number of halogens is 1. The second-order valence-corrected chi connectivity index (χ2v) is 5.18. The third-order valence-corrected chi connectivity index (χ3v) is 3.44. The van der Waals surface area contributed by atoms with Gasteiger partial charge in [0.1, 0.15) is 6.54 Å². The molecule has 1 amide bonds. The van der Waals surface area contributed by atoms with Crippen LogP contribution in [0.25, 0.3) is 10.9 Å². The molecule has 1 aromatic carbocycles. The van der Waals surface area contributed by atoms with Crippen molar-refractivity contribution in [3.8, 4) is 0 Å². The van der Waals surface area contributed by atoms with Gasteiger partial charge in [0.2, 0.25) is 5.91 Å². The van der Waals surface area contributed by atoms with E-state index in [1.165, 1.54) is 0 Å². The van der Waals surface area contributed by atoms with E-state index in [4.69, 9.17) is 11.6 Å². The maximum Gasteiger partial charge on any atom is 0.242 e. The maximum atomic E-state index is 12.0. The zero-order valence-corrected chi connectivity index (χ0v) is 11.6. The lowest BCUT2D eigenvalue weighted by molar-refractivity contribution is -0.131. The molecule has 2 rings (SSSR count). The number of carbonyl (C=O) groups excluding carboxylic acids is 1. The molecule has 0 aliphatic rings. The highest BCUT2D eigenvalue weighted by Crippen LogP contribution is 2.20. The Balaban J connectivity index is 2.25. The number of benzene rings is 1. The van der Waals surface area contributed by atoms with Crippen LogP contribution in [0.1, 0.15) is 13.8 Å². The molecule has 0 aliphatic carbocycles. The maximum absolute atomic E-state index is 12.0. The van der Waals surface area contributed by atoms with Gasteiger partial charge in [0.05, 0.1) is 0 Å². The van der Waals surface area contributed by atoms with Crippen LogP contribution < -0.4 is 0 Å². The molecule has 0 atom stereocenters. The van der Waals surface area contributed by atoms with Crippen molar-refractivity contribution >= 4 is 28.4 Å². The lowest BCUT2D eigenvalue weighted by atomic mass is 10.2. The largest absolute Gasteiger partial charge is 0.342 e. The van der Waals surface area contributed by atoms with Crippen LogP contribution in [0.15, 0.2) is 30.5 Å². The molecule has 0 spiro atoms. The first-order valence-corrected chi connectivity index (χ1v) is 6.37. The summed E-state index contributed by atoms with van der Waals surface area (Å²) < 4.78 is 1.95. The summed E-state index contributed by atoms with van der Waals surface area (Å²) in [6, 6.07) is 7.89. The first-order chi connectivity index (χ1) is 8.49. The second kappa shape index (κ2) is 5.02. The van der Waals surface area contributed by atoms with Gasteiger partial charge in [-0.15, -0.1) is 0 Å². The molecule has 1 heterocycles. The van der Waals surface area contributed by atoms with E-state index in [9.17, 15) is 4.79 Å². The molecule has 0 bridgehead atoms. The molecular weight excluding hydrogens is 248 g/mol. The highest BCUT2D eigenvalue weighted by Gasteiger charge is 2.13. The number of carbonyl (C=O) groups is 1. The van der Waals surface area contributed by atoms with Crippen molar-refractivity contribution in [2.24, 2.45) is 0 Å². The fraction of sp³-hybridized carbons (Fsp3) is 0.357. The Morgan fingerprint density at radius 1 is 1.39 bits per heavy atom. The molecule has 96 valence electrons. The van der Waals surface area contributed by atoms with E-state index in [0.29, 0.717) is 11.6 Å². The first-order valence-electron chi connectivity index (χ1n) is 5.99. The predicted molar refractivity (Wildman–Crippen MR) is 74.9 cm³/mol. The molecule has 4 heteroatoms. The van der Waals surface area contributed by atoms with Crippen molar-refractivity contribution < 1.29 is 4.79 Å². The molecule has 0 N–H and O–H groups in total. The predicted octanol–water partition coefficient (Wildman–Crippen LogP) is 3.16. The second-order valence-electron chi connectivity index (χ2n) is 4.75. The Bertz CT molecular complexity index is 574. The van der Waals surface area contributed by atoms with Crippen molar-refractivity contribution in [3.05, 3.63) is 35.5 Å². The molecule has 0 radical (unpaired) electrons. The van der Waals surface area contributed by atoms with Gasteiger partial charge in [0.25, 0.3) is 0 Å². The number of nitrogens with zero attached hydrogens (tertiary/aromatic N) is 2. The average Bonchev–Trinajstić information content (AvgIpc) is 2.70. The van der Waals surface area contributed by atoms with Crippen molar-refractivity contribution in [1.82, 2.24) is 9.47 Å². The van der Waals surface area contributed by atoms with Gasteiger partial charge in [0.15, 0.2) is 0 Å². The Kier molecular flexibility index (Phi) is 3.62. The minimum Gasteiger partial charge on any atom is -0.342 e. The van der Waals surface area contributed by atoms with Crippen LogP contribution in [-0.2, 0) is 11.3 Å². The molecule has 0 saturated heterocycles. The Hall–Kier alpha value is -1.48. The number of fused-ring (bicyclic) bond motifs is 1. The van der Waals surface area contributed by atoms with Crippen LogP contribution >= 0.6 is 11.6 Å². The minimum absolute atomic E-state index is 0.109. The fourth-order valence-corrected chi connectivity index (χ4v) is 2.03. The number of hydrogen-bond acceptors (Lipinski definition) is 1. The summed E-state index contributed by atoms with van der Waals surface area (Å²) in [4.78, 5) is 13.8. The average molecular weight is 265 g/mol. The summed E-state index contributed by atoms with van der Waals surface area (Å²) in [6.07, 6.45) is 1.92. The molecule has 0 saturated carbocycles. The van der Waals surface area contributed by atoms with Crippen molar-refractivity contribution in [3.63, 3.8) is 0 Å². The highest BCUT2D eigenvalue weighted by molar-refractivity contribution is 6.31. The van der Waals surface area contributed by atoms with E-state index in [1.807, 2.05) is 55.9 Å². The van der Waals surface area contributed by atoms with Gasteiger partial charge in [-0.2, -0.15) is 0 Å². The molecule has 2 aromatic rings. The zero-order valence-electron chi connectivity index (χ0n) is 10.9. The van der Waals surface area contributed by atoms with Gasteiger partial charge in [-0.05, 0) is 38.1 Å². The van der Waals surface area contributed by atoms with E-state index in [-0.39, 0.29) is 11.9 Å². The van der Waals surface area contributed by atoms with Gasteiger partial charge in [0, 0.05) is 35.2 Å². The lowest BCUT2D eigenvalue weighted by Gasteiger charge is -2.21. The number of hydrogen-bond donors (Lipinski definition) is 0. The fourth-order valence-electron chi connectivity index (χ4n) is 1.85. The summed E-state index contributed by atoms with van der Waals surface area (Å²) >= 11 is 5.94. The van der Waals surface area contributed by atoms with Gasteiger partial charge in [-0.25, -0.2) is 0 Å². The zero-order chi connectivity index (χ0) is 13.3. The summed E-state index contributed by atoms with van der Waals surface area (Å²) in [7, 11) is 1.83. The van der Waals surface area contributed by atoms with Crippen LogP contribution in [0.3, 0.4) is 0 Å². The highest BCUT2D eigenvalue weighted by atomic mass is 35.5. The third-order valence-electron chi connectivity index (χ3n) is 3.21. The quantitative estimate of drug-likeness (QED) is 0.836.